The van der Waals surface area contributed by atoms with Gasteiger partial charge in [-0.3, -0.25) is 9.59 Å². The molecular formula is C11H10F3NO3S. The number of benzene rings is 1. The van der Waals surface area contributed by atoms with Crippen LogP contribution in [0.25, 0.3) is 0 Å². The zero-order valence-electron chi connectivity index (χ0n) is 9.57. The Morgan fingerprint density at radius 1 is 1.37 bits per heavy atom. The second kappa shape index (κ2) is 4.76. The zero-order valence-corrected chi connectivity index (χ0v) is 10.4. The van der Waals surface area contributed by atoms with Gasteiger partial charge in [-0.1, -0.05) is 6.07 Å². The highest BCUT2D eigenvalue weighted by atomic mass is 32.3. The summed E-state index contributed by atoms with van der Waals surface area (Å²) in [6.45, 7) is 0.176. The fraction of sp³-hybridized carbons (Fsp3) is 0.273. The van der Waals surface area contributed by atoms with Crippen LogP contribution in [-0.2, 0) is 19.9 Å². The average molecular weight is 293 g/mol. The van der Waals surface area contributed by atoms with E-state index >= 15 is 0 Å². The van der Waals surface area contributed by atoms with Crippen molar-refractivity contribution >= 4 is 22.7 Å². The first-order valence-electron chi connectivity index (χ1n) is 5.22. The lowest BCUT2D eigenvalue weighted by molar-refractivity contribution is -0.137. The molecule has 1 fully saturated rings. The first kappa shape index (κ1) is 13.7. The van der Waals surface area contributed by atoms with E-state index in [9.17, 15) is 22.8 Å². The van der Waals surface area contributed by atoms with E-state index in [1.165, 1.54) is 12.1 Å². The summed E-state index contributed by atoms with van der Waals surface area (Å²) in [5, 5.41) is 2.48. The smallest absolute Gasteiger partial charge is 0.411 e. The minimum absolute atomic E-state index is 0.0475. The van der Waals surface area contributed by atoms with Gasteiger partial charge in [0.15, 0.2) is 0 Å². The largest absolute Gasteiger partial charge is 0.416 e. The summed E-state index contributed by atoms with van der Waals surface area (Å²) in [7, 11) is -2.35. The van der Waals surface area contributed by atoms with E-state index in [0.29, 0.717) is 0 Å². The van der Waals surface area contributed by atoms with Gasteiger partial charge in [-0.05, 0) is 28.5 Å². The standard InChI is InChI=1S/C11H10F3NO3S/c12-11(13,14)8-2-1-3-9(4-8)19(18-7-16)5-10(17)15-6-19/h1-4,7H,5-6H2,(H,15,17). The van der Waals surface area contributed by atoms with Gasteiger partial charge in [-0.15, -0.1) is 0 Å². The number of hydrogen-bond donors (Lipinski definition) is 1. The van der Waals surface area contributed by atoms with Crippen LogP contribution in [0.4, 0.5) is 13.2 Å². The number of hydrogen-bond acceptors (Lipinski definition) is 3. The molecule has 1 unspecified atom stereocenters. The van der Waals surface area contributed by atoms with E-state index < -0.39 is 22.0 Å². The Bertz CT molecular complexity index is 520. The second-order valence-electron chi connectivity index (χ2n) is 3.92. The van der Waals surface area contributed by atoms with Gasteiger partial charge in [0.25, 0.3) is 0 Å². The van der Waals surface area contributed by atoms with Crippen LogP contribution in [-0.4, -0.2) is 24.0 Å². The van der Waals surface area contributed by atoms with Gasteiger partial charge < -0.3 is 9.50 Å². The van der Waals surface area contributed by atoms with Crippen LogP contribution in [0.2, 0.25) is 0 Å². The first-order chi connectivity index (χ1) is 8.87. The van der Waals surface area contributed by atoms with Gasteiger partial charge in [0.2, 0.25) is 5.91 Å². The summed E-state index contributed by atoms with van der Waals surface area (Å²) in [4.78, 5) is 22.1. The van der Waals surface area contributed by atoms with Gasteiger partial charge in [-0.25, -0.2) is 0 Å². The third-order valence-electron chi connectivity index (χ3n) is 2.68. The molecule has 104 valence electrons. The number of carbonyl (C=O) groups excluding carboxylic acids is 2. The van der Waals surface area contributed by atoms with E-state index in [1.807, 2.05) is 0 Å². The topological polar surface area (TPSA) is 55.4 Å². The number of halogens is 3. The molecule has 1 aromatic carbocycles. The van der Waals surface area contributed by atoms with E-state index in [0.717, 1.165) is 12.1 Å². The third kappa shape index (κ3) is 2.67. The molecule has 2 rings (SSSR count). The number of carbonyl (C=O) groups is 2. The number of nitrogens with one attached hydrogen (secondary N) is 1. The molecule has 1 aromatic rings. The van der Waals surface area contributed by atoms with Crippen LogP contribution >= 0.6 is 10.3 Å². The molecule has 8 heteroatoms. The fourth-order valence-electron chi connectivity index (χ4n) is 1.78. The molecule has 4 nitrogen and oxygen atoms in total. The van der Waals surface area contributed by atoms with Crippen molar-refractivity contribution < 1.29 is 26.9 Å². The Kier molecular flexibility index (Phi) is 3.44. The van der Waals surface area contributed by atoms with Crippen molar-refractivity contribution in [2.75, 3.05) is 11.6 Å². The lowest BCUT2D eigenvalue weighted by Gasteiger charge is -2.31. The molecule has 0 aliphatic carbocycles. The van der Waals surface area contributed by atoms with Crippen LogP contribution in [0.3, 0.4) is 0 Å². The molecule has 0 saturated carbocycles. The maximum Gasteiger partial charge on any atom is 0.416 e. The van der Waals surface area contributed by atoms with E-state index in [-0.39, 0.29) is 28.9 Å². The van der Waals surface area contributed by atoms with Crippen LogP contribution in [0.5, 0.6) is 0 Å². The molecule has 1 aliphatic heterocycles. The first-order valence-corrected chi connectivity index (χ1v) is 7.12. The Labute approximate surface area is 108 Å². The lowest BCUT2D eigenvalue weighted by atomic mass is 10.2. The average Bonchev–Trinajstić information content (AvgIpc) is 2.72. The number of amides is 1. The molecule has 1 N–H and O–H groups in total. The molecular weight excluding hydrogens is 283 g/mol. The molecule has 0 spiro atoms. The minimum Gasteiger partial charge on any atom is -0.411 e. The predicted molar refractivity (Wildman–Crippen MR) is 62.3 cm³/mol. The molecule has 1 aliphatic rings. The molecule has 0 aromatic heterocycles. The Hall–Kier alpha value is -1.70. The maximum atomic E-state index is 12.7. The Morgan fingerprint density at radius 3 is 2.63 bits per heavy atom. The van der Waals surface area contributed by atoms with E-state index in [1.54, 1.807) is 0 Å². The normalized spacial score (nSPS) is 26.4. The van der Waals surface area contributed by atoms with Crippen molar-refractivity contribution in [2.24, 2.45) is 0 Å². The van der Waals surface area contributed by atoms with Crippen LogP contribution in [0.15, 0.2) is 29.2 Å². The molecule has 1 heterocycles. The van der Waals surface area contributed by atoms with Gasteiger partial charge in [0.05, 0.1) is 17.2 Å². The number of rotatable bonds is 3. The van der Waals surface area contributed by atoms with Gasteiger partial charge >= 0.3 is 12.6 Å². The van der Waals surface area contributed by atoms with Crippen molar-refractivity contribution in [3.8, 4) is 0 Å². The maximum absolute atomic E-state index is 12.7. The van der Waals surface area contributed by atoms with Gasteiger partial charge in [-0.2, -0.15) is 13.2 Å². The summed E-state index contributed by atoms with van der Waals surface area (Å²) in [5.74, 6) is -0.395. The van der Waals surface area contributed by atoms with Crippen molar-refractivity contribution in [2.45, 2.75) is 11.1 Å². The van der Waals surface area contributed by atoms with Crippen molar-refractivity contribution in [1.82, 2.24) is 5.32 Å². The Morgan fingerprint density at radius 2 is 2.11 bits per heavy atom. The van der Waals surface area contributed by atoms with E-state index in [2.05, 4.69) is 5.32 Å². The highest BCUT2D eigenvalue weighted by Crippen LogP contribution is 2.58. The van der Waals surface area contributed by atoms with Crippen molar-refractivity contribution in [3.05, 3.63) is 29.8 Å². The van der Waals surface area contributed by atoms with Gasteiger partial charge in [0, 0.05) is 4.90 Å². The lowest BCUT2D eigenvalue weighted by Crippen LogP contribution is -2.14. The summed E-state index contributed by atoms with van der Waals surface area (Å²) in [6.07, 6.45) is -4.48. The summed E-state index contributed by atoms with van der Waals surface area (Å²) < 4.78 is 42.9. The van der Waals surface area contributed by atoms with Crippen molar-refractivity contribution in [1.29, 1.82) is 0 Å². The van der Waals surface area contributed by atoms with Crippen LogP contribution in [0, 0.1) is 0 Å². The highest BCUT2D eigenvalue weighted by molar-refractivity contribution is 8.30. The molecule has 1 saturated heterocycles. The van der Waals surface area contributed by atoms with E-state index in [4.69, 9.17) is 4.18 Å². The minimum atomic E-state index is -4.48. The summed E-state index contributed by atoms with van der Waals surface area (Å²) in [6, 6.07) is 4.54. The van der Waals surface area contributed by atoms with Crippen molar-refractivity contribution in [3.63, 3.8) is 0 Å². The molecule has 1 atom stereocenters. The monoisotopic (exact) mass is 293 g/mol. The van der Waals surface area contributed by atoms with Crippen LogP contribution < -0.4 is 5.32 Å². The molecule has 0 radical (unpaired) electrons. The predicted octanol–water partition coefficient (Wildman–Crippen LogP) is 2.04. The molecule has 1 amide bonds. The summed E-state index contributed by atoms with van der Waals surface area (Å²) >= 11 is 0. The molecule has 0 bridgehead atoms. The second-order valence-corrected chi connectivity index (χ2v) is 6.78. The molecule has 19 heavy (non-hydrogen) atoms. The zero-order chi connectivity index (χ0) is 14.1. The van der Waals surface area contributed by atoms with Gasteiger partial charge in [0.1, 0.15) is 0 Å². The fourth-order valence-corrected chi connectivity index (χ4v) is 4.20. The number of alkyl halides is 3. The van der Waals surface area contributed by atoms with Crippen LogP contribution in [0.1, 0.15) is 5.56 Å². The SMILES string of the molecule is O=COS1(c2cccc(C(F)(F)F)c2)CNC(=O)C1. The Balaban J connectivity index is 2.43. The third-order valence-corrected chi connectivity index (χ3v) is 5.58. The quantitative estimate of drug-likeness (QED) is 0.868. The summed E-state index contributed by atoms with van der Waals surface area (Å²) in [5.41, 5.74) is -0.828. The highest BCUT2D eigenvalue weighted by Gasteiger charge is 2.39.